The number of halogens is 5. The largest absolute Gasteiger partial charge is 0.301 e. The van der Waals surface area contributed by atoms with E-state index in [9.17, 15) is 0 Å². The van der Waals surface area contributed by atoms with Gasteiger partial charge in [-0.15, -0.1) is 0 Å². The monoisotopic (exact) mass is 328 g/mol. The molecule has 0 unspecified atom stereocenters. The smallest absolute Gasteiger partial charge is 0.200 e. The molecular formula is C8HCl5N4. The summed E-state index contributed by atoms with van der Waals surface area (Å²) in [7, 11) is 0. The zero-order valence-corrected chi connectivity index (χ0v) is 11.5. The van der Waals surface area contributed by atoms with Crippen LogP contribution in [0.4, 0.5) is 0 Å². The summed E-state index contributed by atoms with van der Waals surface area (Å²) in [5.41, 5.74) is -1.63. The Bertz CT molecular complexity index is 531. The van der Waals surface area contributed by atoms with Crippen LogP contribution >= 0.6 is 58.2 Å². The lowest BCUT2D eigenvalue weighted by Gasteiger charge is -2.37. The van der Waals surface area contributed by atoms with Gasteiger partial charge in [0.2, 0.25) is 4.33 Å². The van der Waals surface area contributed by atoms with Crippen LogP contribution in [0.3, 0.4) is 0 Å². The first-order valence-electron chi connectivity index (χ1n) is 3.85. The number of alkyl halides is 4. The molecular weight excluding hydrogens is 329 g/mol. The van der Waals surface area contributed by atoms with E-state index in [1.807, 2.05) is 0 Å². The number of nitriles is 2. The highest BCUT2D eigenvalue weighted by atomic mass is 35.5. The zero-order chi connectivity index (χ0) is 13.4. The molecule has 0 amide bonds. The van der Waals surface area contributed by atoms with E-state index >= 15 is 0 Å². The van der Waals surface area contributed by atoms with Gasteiger partial charge in [-0.3, -0.25) is 0 Å². The molecule has 4 nitrogen and oxygen atoms in total. The predicted molar refractivity (Wildman–Crippen MR) is 68.1 cm³/mol. The fourth-order valence-corrected chi connectivity index (χ4v) is 2.31. The first-order valence-corrected chi connectivity index (χ1v) is 5.70. The second-order valence-corrected chi connectivity index (χ2v) is 5.75. The lowest BCUT2D eigenvalue weighted by atomic mass is 9.88. The number of nitrogens with zero attached hydrogens (tertiary/aromatic N) is 3. The minimum Gasteiger partial charge on any atom is -0.301 e. The van der Waals surface area contributed by atoms with Gasteiger partial charge < -0.3 is 5.41 Å². The van der Waals surface area contributed by atoms with E-state index in [2.05, 4.69) is 4.51 Å². The van der Waals surface area contributed by atoms with Gasteiger partial charge in [-0.05, 0) is 0 Å². The van der Waals surface area contributed by atoms with Gasteiger partial charge in [-0.1, -0.05) is 46.4 Å². The van der Waals surface area contributed by atoms with Crippen molar-refractivity contribution in [2.24, 2.45) is 4.51 Å². The highest BCUT2D eigenvalue weighted by molar-refractivity contribution is 6.78. The molecule has 0 heterocycles. The predicted octanol–water partition coefficient (Wildman–Crippen LogP) is 3.31. The van der Waals surface area contributed by atoms with E-state index in [0.29, 0.717) is 0 Å². The van der Waals surface area contributed by atoms with E-state index in [-0.39, 0.29) is 16.9 Å². The standard InChI is InChI=1S/C8HCl5N4/c9-7(10)5(16)3(1-14)4(2-15)6(17-13)8(7,11)12/h16H. The molecule has 88 valence electrons. The molecule has 1 N–H and O–H groups in total. The van der Waals surface area contributed by atoms with E-state index in [1.54, 1.807) is 12.1 Å². The maximum atomic E-state index is 8.92. The fraction of sp³-hybridized carbons (Fsp3) is 0.250. The molecule has 0 atom stereocenters. The zero-order valence-electron chi connectivity index (χ0n) is 7.73. The van der Waals surface area contributed by atoms with E-state index in [4.69, 9.17) is 74.1 Å². The lowest BCUT2D eigenvalue weighted by molar-refractivity contribution is 0.969. The molecule has 0 bridgehead atoms. The quantitative estimate of drug-likeness (QED) is 0.691. The van der Waals surface area contributed by atoms with Crippen LogP contribution in [0.15, 0.2) is 15.7 Å². The highest BCUT2D eigenvalue weighted by Crippen LogP contribution is 2.50. The molecule has 17 heavy (non-hydrogen) atoms. The Hall–Kier alpha value is -0.490. The molecule has 0 radical (unpaired) electrons. The van der Waals surface area contributed by atoms with Crippen LogP contribution < -0.4 is 0 Å². The Morgan fingerprint density at radius 1 is 1.00 bits per heavy atom. The summed E-state index contributed by atoms with van der Waals surface area (Å²) in [4.78, 5) is 0. The highest BCUT2D eigenvalue weighted by Gasteiger charge is 2.60. The van der Waals surface area contributed by atoms with E-state index in [0.717, 1.165) is 0 Å². The summed E-state index contributed by atoms with van der Waals surface area (Å²) in [6.45, 7) is 0. The normalized spacial score (nSPS) is 24.4. The number of nitrogens with one attached hydrogen (secondary N) is 1. The SMILES string of the molecule is N#CC1=C(C#N)C(=NCl)C(Cl)(Cl)C(Cl)(Cl)C1=N. The van der Waals surface area contributed by atoms with Gasteiger partial charge in [0.25, 0.3) is 0 Å². The maximum absolute atomic E-state index is 8.92. The van der Waals surface area contributed by atoms with Crippen LogP contribution in [-0.2, 0) is 0 Å². The van der Waals surface area contributed by atoms with Crippen LogP contribution in [-0.4, -0.2) is 20.1 Å². The van der Waals surface area contributed by atoms with Crippen molar-refractivity contribution in [1.29, 1.82) is 15.9 Å². The van der Waals surface area contributed by atoms with E-state index < -0.39 is 14.4 Å². The second kappa shape index (κ2) is 4.65. The Kier molecular flexibility index (Phi) is 3.98. The van der Waals surface area contributed by atoms with Crippen molar-refractivity contribution in [3.63, 3.8) is 0 Å². The maximum Gasteiger partial charge on any atom is 0.200 e. The van der Waals surface area contributed by atoms with Gasteiger partial charge in [0, 0.05) is 11.8 Å². The first-order chi connectivity index (χ1) is 7.75. The fourth-order valence-electron chi connectivity index (χ4n) is 1.18. The van der Waals surface area contributed by atoms with Crippen LogP contribution in [0.25, 0.3) is 0 Å². The molecule has 0 aromatic heterocycles. The summed E-state index contributed by atoms with van der Waals surface area (Å²) < 4.78 is -1.02. The lowest BCUT2D eigenvalue weighted by Crippen LogP contribution is -2.53. The molecule has 0 aliphatic heterocycles. The van der Waals surface area contributed by atoms with Crippen molar-refractivity contribution >= 4 is 69.6 Å². The Morgan fingerprint density at radius 2 is 1.47 bits per heavy atom. The van der Waals surface area contributed by atoms with Crippen molar-refractivity contribution in [1.82, 2.24) is 0 Å². The van der Waals surface area contributed by atoms with Crippen LogP contribution in [0.5, 0.6) is 0 Å². The van der Waals surface area contributed by atoms with Crippen molar-refractivity contribution in [3.8, 4) is 12.1 Å². The van der Waals surface area contributed by atoms with Crippen LogP contribution in [0.1, 0.15) is 0 Å². The summed E-state index contributed by atoms with van der Waals surface area (Å²) in [6.07, 6.45) is 0. The Morgan fingerprint density at radius 3 is 1.82 bits per heavy atom. The average molecular weight is 330 g/mol. The molecule has 0 saturated carbocycles. The first kappa shape index (κ1) is 14.6. The molecule has 0 aromatic carbocycles. The molecule has 1 rings (SSSR count). The van der Waals surface area contributed by atoms with Crippen molar-refractivity contribution in [2.75, 3.05) is 0 Å². The Labute approximate surface area is 122 Å². The molecule has 0 spiro atoms. The summed E-state index contributed by atoms with van der Waals surface area (Å²) in [6, 6.07) is 3.26. The summed E-state index contributed by atoms with van der Waals surface area (Å²) >= 11 is 28.7. The van der Waals surface area contributed by atoms with Crippen LogP contribution in [0, 0.1) is 28.1 Å². The number of rotatable bonds is 0. The third-order valence-electron chi connectivity index (χ3n) is 2.05. The third-order valence-corrected chi connectivity index (χ3v) is 4.48. The third kappa shape index (κ3) is 1.91. The van der Waals surface area contributed by atoms with Gasteiger partial charge in [-0.25, -0.2) is 0 Å². The molecule has 1 aliphatic rings. The van der Waals surface area contributed by atoms with Crippen molar-refractivity contribution in [3.05, 3.63) is 11.1 Å². The molecule has 0 fully saturated rings. The number of hydrogen-bond acceptors (Lipinski definition) is 4. The second-order valence-electron chi connectivity index (χ2n) is 2.93. The van der Waals surface area contributed by atoms with E-state index in [1.165, 1.54) is 0 Å². The topological polar surface area (TPSA) is 83.8 Å². The van der Waals surface area contributed by atoms with Gasteiger partial charge in [0.1, 0.15) is 17.9 Å². The van der Waals surface area contributed by atoms with Gasteiger partial charge in [-0.2, -0.15) is 15.0 Å². The molecule has 0 aromatic rings. The minimum atomic E-state index is -2.13. The number of hydrogen-bond donors (Lipinski definition) is 1. The molecule has 0 saturated heterocycles. The average Bonchev–Trinajstić information content (AvgIpc) is 2.26. The summed E-state index contributed by atoms with van der Waals surface area (Å²) in [5, 5.41) is 25.4. The van der Waals surface area contributed by atoms with Gasteiger partial charge in [0.05, 0.1) is 16.9 Å². The van der Waals surface area contributed by atoms with Gasteiger partial charge in [0.15, 0.2) is 4.33 Å². The Balaban J connectivity index is 3.76. The number of allylic oxidation sites excluding steroid dienone is 2. The molecule has 1 aliphatic carbocycles. The van der Waals surface area contributed by atoms with Crippen LogP contribution in [0.2, 0.25) is 0 Å². The van der Waals surface area contributed by atoms with Crippen molar-refractivity contribution in [2.45, 2.75) is 8.67 Å². The van der Waals surface area contributed by atoms with Crippen molar-refractivity contribution < 1.29 is 0 Å². The summed E-state index contributed by atoms with van der Waals surface area (Å²) in [5.74, 6) is 0. The van der Waals surface area contributed by atoms with Gasteiger partial charge >= 0.3 is 0 Å². The minimum absolute atomic E-state index is 0.325. The molecule has 9 heteroatoms.